The van der Waals surface area contributed by atoms with E-state index in [0.717, 1.165) is 12.1 Å². The third-order valence-corrected chi connectivity index (χ3v) is 2.46. The van der Waals surface area contributed by atoms with Gasteiger partial charge in [-0.3, -0.25) is 4.99 Å². The SMILES string of the molecule is CC=N/C(=C\SC)c1cc(F)c(OC(F)F)c(F)c1. The zero-order valence-electron chi connectivity index (χ0n) is 10.2. The van der Waals surface area contributed by atoms with Crippen LogP contribution in [-0.2, 0) is 0 Å². The average Bonchev–Trinajstić information content (AvgIpc) is 2.33. The van der Waals surface area contributed by atoms with Gasteiger partial charge in [-0.25, -0.2) is 8.78 Å². The van der Waals surface area contributed by atoms with E-state index in [-0.39, 0.29) is 5.56 Å². The maximum atomic E-state index is 13.5. The average molecular weight is 293 g/mol. The van der Waals surface area contributed by atoms with Gasteiger partial charge in [-0.05, 0) is 30.7 Å². The molecule has 19 heavy (non-hydrogen) atoms. The number of thioether (sulfide) groups is 1. The van der Waals surface area contributed by atoms with Gasteiger partial charge < -0.3 is 4.74 Å². The van der Waals surface area contributed by atoms with Crippen LogP contribution in [0.4, 0.5) is 17.6 Å². The van der Waals surface area contributed by atoms with Crippen LogP contribution in [-0.4, -0.2) is 19.1 Å². The monoisotopic (exact) mass is 293 g/mol. The highest BCUT2D eigenvalue weighted by Crippen LogP contribution is 2.29. The van der Waals surface area contributed by atoms with E-state index in [4.69, 9.17) is 0 Å². The molecule has 1 rings (SSSR count). The Kier molecular flexibility index (Phi) is 5.88. The van der Waals surface area contributed by atoms with Gasteiger partial charge in [-0.2, -0.15) is 8.78 Å². The highest BCUT2D eigenvalue weighted by atomic mass is 32.2. The van der Waals surface area contributed by atoms with Gasteiger partial charge in [-0.1, -0.05) is 0 Å². The predicted molar refractivity (Wildman–Crippen MR) is 68.6 cm³/mol. The van der Waals surface area contributed by atoms with Crippen molar-refractivity contribution in [1.82, 2.24) is 0 Å². The Morgan fingerprint density at radius 2 is 1.89 bits per heavy atom. The van der Waals surface area contributed by atoms with Crippen LogP contribution in [0, 0.1) is 11.6 Å². The summed E-state index contributed by atoms with van der Waals surface area (Å²) in [6.45, 7) is -1.64. The molecule has 0 heterocycles. The van der Waals surface area contributed by atoms with Crippen LogP contribution in [0.25, 0.3) is 5.70 Å². The lowest BCUT2D eigenvalue weighted by Crippen LogP contribution is -2.06. The second-order valence-electron chi connectivity index (χ2n) is 3.27. The fourth-order valence-electron chi connectivity index (χ4n) is 1.33. The molecule has 0 bridgehead atoms. The summed E-state index contributed by atoms with van der Waals surface area (Å²) in [7, 11) is 0. The van der Waals surface area contributed by atoms with E-state index >= 15 is 0 Å². The summed E-state index contributed by atoms with van der Waals surface area (Å²) in [5.74, 6) is -3.50. The predicted octanol–water partition coefficient (Wildman–Crippen LogP) is 4.32. The number of alkyl halides is 2. The fraction of sp³-hybridized carbons (Fsp3) is 0.250. The van der Waals surface area contributed by atoms with Gasteiger partial charge in [0.05, 0.1) is 5.70 Å². The normalized spacial score (nSPS) is 12.5. The molecule has 0 amide bonds. The molecule has 0 spiro atoms. The van der Waals surface area contributed by atoms with Crippen LogP contribution in [0.1, 0.15) is 12.5 Å². The van der Waals surface area contributed by atoms with Crippen LogP contribution in [0.2, 0.25) is 0 Å². The second kappa shape index (κ2) is 7.18. The zero-order valence-corrected chi connectivity index (χ0v) is 11.0. The van der Waals surface area contributed by atoms with E-state index in [9.17, 15) is 17.6 Å². The quantitative estimate of drug-likeness (QED) is 0.595. The molecule has 0 aromatic heterocycles. The Balaban J connectivity index is 3.22. The minimum absolute atomic E-state index is 0.143. The molecule has 2 nitrogen and oxygen atoms in total. The molecule has 104 valence electrons. The van der Waals surface area contributed by atoms with E-state index in [1.165, 1.54) is 18.0 Å². The van der Waals surface area contributed by atoms with Crippen molar-refractivity contribution in [3.05, 3.63) is 34.7 Å². The van der Waals surface area contributed by atoms with Crippen molar-refractivity contribution in [3.63, 3.8) is 0 Å². The molecule has 0 N–H and O–H groups in total. The highest BCUT2D eigenvalue weighted by Gasteiger charge is 2.17. The molecule has 0 radical (unpaired) electrons. The molecule has 0 saturated heterocycles. The lowest BCUT2D eigenvalue weighted by atomic mass is 10.1. The summed E-state index contributed by atoms with van der Waals surface area (Å²) in [6, 6.07) is 1.80. The second-order valence-corrected chi connectivity index (χ2v) is 3.98. The zero-order chi connectivity index (χ0) is 14.4. The summed E-state index contributed by atoms with van der Waals surface area (Å²) in [5, 5.41) is 1.59. The lowest BCUT2D eigenvalue weighted by molar-refractivity contribution is -0.0546. The Morgan fingerprint density at radius 3 is 2.32 bits per heavy atom. The molecule has 0 fully saturated rings. The molecule has 0 unspecified atom stereocenters. The minimum Gasteiger partial charge on any atom is -0.429 e. The Morgan fingerprint density at radius 1 is 1.32 bits per heavy atom. The first-order chi connectivity index (χ1) is 8.99. The lowest BCUT2D eigenvalue weighted by Gasteiger charge is -2.09. The number of rotatable bonds is 5. The molecule has 1 aromatic carbocycles. The number of hydrogen-bond acceptors (Lipinski definition) is 3. The maximum Gasteiger partial charge on any atom is 0.387 e. The number of ether oxygens (including phenoxy) is 1. The maximum absolute atomic E-state index is 13.5. The number of hydrogen-bond donors (Lipinski definition) is 0. The largest absolute Gasteiger partial charge is 0.429 e. The Labute approximate surface area is 112 Å². The van der Waals surface area contributed by atoms with E-state index in [2.05, 4.69) is 9.73 Å². The summed E-state index contributed by atoms with van der Waals surface area (Å²) in [5.41, 5.74) is 0.473. The Bertz CT molecular complexity index is 479. The fourth-order valence-corrected chi connectivity index (χ4v) is 1.75. The smallest absolute Gasteiger partial charge is 0.387 e. The van der Waals surface area contributed by atoms with Gasteiger partial charge in [0.2, 0.25) is 0 Å². The van der Waals surface area contributed by atoms with Gasteiger partial charge in [-0.15, -0.1) is 11.8 Å². The molecule has 0 saturated carbocycles. The van der Waals surface area contributed by atoms with Crippen molar-refractivity contribution < 1.29 is 22.3 Å². The van der Waals surface area contributed by atoms with Crippen LogP contribution in [0.5, 0.6) is 5.75 Å². The minimum atomic E-state index is -3.29. The van der Waals surface area contributed by atoms with Crippen molar-refractivity contribution in [2.75, 3.05) is 6.26 Å². The number of halogens is 4. The van der Waals surface area contributed by atoms with E-state index < -0.39 is 24.0 Å². The molecular weight excluding hydrogens is 282 g/mol. The molecule has 0 atom stereocenters. The third-order valence-electron chi connectivity index (χ3n) is 2.00. The van der Waals surface area contributed by atoms with Crippen LogP contribution in [0.15, 0.2) is 22.5 Å². The third kappa shape index (κ3) is 4.27. The number of nitrogens with zero attached hydrogens (tertiary/aromatic N) is 1. The van der Waals surface area contributed by atoms with Crippen molar-refractivity contribution in [1.29, 1.82) is 0 Å². The van der Waals surface area contributed by atoms with Crippen molar-refractivity contribution in [3.8, 4) is 5.75 Å². The first-order valence-electron chi connectivity index (χ1n) is 5.15. The van der Waals surface area contributed by atoms with Gasteiger partial charge in [0.15, 0.2) is 17.4 Å². The van der Waals surface area contributed by atoms with Crippen LogP contribution in [0.3, 0.4) is 0 Å². The summed E-state index contributed by atoms with van der Waals surface area (Å²) >= 11 is 1.30. The molecular formula is C12H11F4NOS. The molecule has 7 heteroatoms. The molecule has 0 aliphatic heterocycles. The molecule has 0 aliphatic rings. The topological polar surface area (TPSA) is 21.6 Å². The number of aliphatic imine (C=N–C) groups is 1. The molecule has 0 aliphatic carbocycles. The van der Waals surface area contributed by atoms with Crippen molar-refractivity contribution in [2.24, 2.45) is 4.99 Å². The van der Waals surface area contributed by atoms with Gasteiger partial charge >= 0.3 is 6.61 Å². The van der Waals surface area contributed by atoms with Gasteiger partial charge in [0.1, 0.15) is 0 Å². The van der Waals surface area contributed by atoms with Gasteiger partial charge in [0, 0.05) is 11.8 Å². The standard InChI is InChI=1S/C12H11F4NOS/c1-3-17-10(6-19-2)7-4-8(13)11(9(14)5-7)18-12(15)16/h3-6,12H,1-2H3/b10-6-,17-3?. The Hall–Kier alpha value is -1.50. The highest BCUT2D eigenvalue weighted by molar-refractivity contribution is 8.01. The van der Waals surface area contributed by atoms with Crippen LogP contribution < -0.4 is 4.74 Å². The number of benzene rings is 1. The van der Waals surface area contributed by atoms with Crippen LogP contribution >= 0.6 is 11.8 Å². The van der Waals surface area contributed by atoms with E-state index in [1.54, 1.807) is 18.6 Å². The van der Waals surface area contributed by atoms with Gasteiger partial charge in [0.25, 0.3) is 0 Å². The first-order valence-corrected chi connectivity index (χ1v) is 6.44. The van der Waals surface area contributed by atoms with Crippen molar-refractivity contribution >= 4 is 23.7 Å². The first kappa shape index (κ1) is 15.6. The van der Waals surface area contributed by atoms with E-state index in [0.29, 0.717) is 5.70 Å². The summed E-state index contributed by atoms with van der Waals surface area (Å²) < 4.78 is 54.8. The van der Waals surface area contributed by atoms with E-state index in [1.807, 2.05) is 0 Å². The summed E-state index contributed by atoms with van der Waals surface area (Å²) in [6.07, 6.45) is 3.22. The summed E-state index contributed by atoms with van der Waals surface area (Å²) in [4.78, 5) is 3.95. The molecule has 1 aromatic rings. The van der Waals surface area contributed by atoms with Crippen molar-refractivity contribution in [2.45, 2.75) is 13.5 Å².